The molecule has 1 aromatic rings. The Bertz CT molecular complexity index is 634. The third kappa shape index (κ3) is 2.64. The van der Waals surface area contributed by atoms with Crippen LogP contribution in [0.4, 0.5) is 5.95 Å². The summed E-state index contributed by atoms with van der Waals surface area (Å²) in [6, 6.07) is 1.72. The van der Waals surface area contributed by atoms with Crippen LogP contribution in [0.5, 0.6) is 0 Å². The Morgan fingerprint density at radius 2 is 2.13 bits per heavy atom. The van der Waals surface area contributed by atoms with Crippen LogP contribution in [0.25, 0.3) is 0 Å². The van der Waals surface area contributed by atoms with E-state index in [1.54, 1.807) is 4.90 Å². The molecule has 1 aliphatic carbocycles. The largest absolute Gasteiger partial charge is 0.350 e. The van der Waals surface area contributed by atoms with Gasteiger partial charge in [0.1, 0.15) is 6.04 Å². The predicted octanol–water partition coefficient (Wildman–Crippen LogP) is 0.564. The molecular weight excluding hydrogens is 294 g/mol. The van der Waals surface area contributed by atoms with E-state index in [1.165, 1.54) is 19.3 Å². The zero-order valence-electron chi connectivity index (χ0n) is 13.2. The van der Waals surface area contributed by atoms with Crippen LogP contribution in [-0.4, -0.2) is 51.9 Å². The van der Waals surface area contributed by atoms with Crippen molar-refractivity contribution in [3.8, 4) is 0 Å². The Hall–Kier alpha value is -2.18. The maximum Gasteiger partial charge on any atom is 0.243 e. The lowest BCUT2D eigenvalue weighted by Crippen LogP contribution is -2.55. The molecule has 1 saturated carbocycles. The number of anilines is 1. The highest BCUT2D eigenvalue weighted by Crippen LogP contribution is 2.35. The normalized spacial score (nSPS) is 27.4. The third-order valence-corrected chi connectivity index (χ3v) is 5.07. The Kier molecular flexibility index (Phi) is 3.43. The number of hydrogen-bond acceptors (Lipinski definition) is 5. The van der Waals surface area contributed by atoms with Crippen LogP contribution in [0, 0.1) is 6.92 Å². The van der Waals surface area contributed by atoms with Gasteiger partial charge in [-0.3, -0.25) is 9.59 Å². The van der Waals surface area contributed by atoms with Gasteiger partial charge in [-0.15, -0.1) is 0 Å². The molecule has 0 aromatic carbocycles. The highest BCUT2D eigenvalue weighted by molar-refractivity contribution is 5.95. The van der Waals surface area contributed by atoms with Gasteiger partial charge in [0.25, 0.3) is 0 Å². The summed E-state index contributed by atoms with van der Waals surface area (Å²) >= 11 is 0. The molecule has 2 N–H and O–H groups in total. The first-order valence-corrected chi connectivity index (χ1v) is 8.29. The van der Waals surface area contributed by atoms with Gasteiger partial charge in [-0.25, -0.2) is 9.97 Å². The van der Waals surface area contributed by atoms with E-state index in [0.29, 0.717) is 24.8 Å². The number of rotatable bonds is 3. The van der Waals surface area contributed by atoms with Crippen LogP contribution < -0.4 is 10.6 Å². The number of piperazine rings is 1. The van der Waals surface area contributed by atoms with Gasteiger partial charge >= 0.3 is 0 Å². The lowest BCUT2D eigenvalue weighted by molar-refractivity contribution is -0.143. The molecule has 0 bridgehead atoms. The Balaban J connectivity index is 1.49. The number of hydrogen-bond donors (Lipinski definition) is 2. The Morgan fingerprint density at radius 3 is 2.83 bits per heavy atom. The summed E-state index contributed by atoms with van der Waals surface area (Å²) in [5, 5.41) is 5.97. The number of amides is 2. The van der Waals surface area contributed by atoms with E-state index in [2.05, 4.69) is 26.7 Å². The van der Waals surface area contributed by atoms with E-state index in [-0.39, 0.29) is 30.4 Å². The zero-order chi connectivity index (χ0) is 16.0. The average molecular weight is 315 g/mol. The average Bonchev–Trinajstić information content (AvgIpc) is 2.85. The van der Waals surface area contributed by atoms with Gasteiger partial charge in [-0.2, -0.15) is 0 Å². The topological polar surface area (TPSA) is 87.2 Å². The molecule has 7 heteroatoms. The van der Waals surface area contributed by atoms with Crippen molar-refractivity contribution in [2.24, 2.45) is 0 Å². The highest BCUT2D eigenvalue weighted by atomic mass is 16.2. The molecule has 0 spiro atoms. The molecule has 0 unspecified atom stereocenters. The van der Waals surface area contributed by atoms with Gasteiger partial charge < -0.3 is 15.5 Å². The smallest absolute Gasteiger partial charge is 0.243 e. The van der Waals surface area contributed by atoms with E-state index in [4.69, 9.17) is 0 Å². The molecule has 3 heterocycles. The first-order valence-electron chi connectivity index (χ1n) is 8.29. The van der Waals surface area contributed by atoms with Crippen LogP contribution in [0.2, 0.25) is 0 Å². The van der Waals surface area contributed by atoms with Crippen molar-refractivity contribution in [1.29, 1.82) is 0 Å². The first kappa shape index (κ1) is 14.4. The fourth-order valence-electron chi connectivity index (χ4n) is 3.60. The van der Waals surface area contributed by atoms with Crippen molar-refractivity contribution in [3.63, 3.8) is 0 Å². The minimum absolute atomic E-state index is 0.0146. The maximum absolute atomic E-state index is 11.9. The fourth-order valence-corrected chi connectivity index (χ4v) is 3.60. The number of nitrogens with one attached hydrogen (secondary N) is 2. The molecule has 3 aliphatic rings. The lowest BCUT2D eigenvalue weighted by Gasteiger charge is -2.28. The zero-order valence-corrected chi connectivity index (χ0v) is 13.2. The standard InChI is InChI=1S/C16H21N5O2/c1-9-5-12(10-3-2-4-10)20-16(18-9)19-11-6-13-15(23)17-7-14(22)21(13)8-11/h5,10-11,13H,2-4,6-8H2,1H3,(H,17,23)(H,18,19,20)/t11-,13+/m1/s1. The van der Waals surface area contributed by atoms with Crippen LogP contribution in [-0.2, 0) is 9.59 Å². The van der Waals surface area contributed by atoms with Crippen LogP contribution in [0.1, 0.15) is 43.0 Å². The van der Waals surface area contributed by atoms with E-state index in [9.17, 15) is 9.59 Å². The quantitative estimate of drug-likeness (QED) is 0.851. The van der Waals surface area contributed by atoms with Crippen molar-refractivity contribution in [3.05, 3.63) is 17.5 Å². The number of aromatic nitrogens is 2. The van der Waals surface area contributed by atoms with Crippen molar-refractivity contribution in [2.45, 2.75) is 50.6 Å². The number of aryl methyl sites for hydroxylation is 1. The summed E-state index contributed by atoms with van der Waals surface area (Å²) in [5.41, 5.74) is 2.06. The number of carbonyl (C=O) groups excluding carboxylic acids is 2. The molecule has 3 fully saturated rings. The minimum atomic E-state index is -0.357. The molecule has 2 aliphatic heterocycles. The molecule has 23 heavy (non-hydrogen) atoms. The third-order valence-electron chi connectivity index (χ3n) is 5.07. The van der Waals surface area contributed by atoms with E-state index < -0.39 is 0 Å². The molecule has 0 radical (unpaired) electrons. The second-order valence-electron chi connectivity index (χ2n) is 6.74. The van der Waals surface area contributed by atoms with Gasteiger partial charge in [0, 0.05) is 29.9 Å². The molecule has 2 amide bonds. The molecular formula is C16H21N5O2. The minimum Gasteiger partial charge on any atom is -0.350 e. The summed E-state index contributed by atoms with van der Waals surface area (Å²) in [6.07, 6.45) is 4.27. The Labute approximate surface area is 134 Å². The van der Waals surface area contributed by atoms with E-state index in [1.807, 2.05) is 6.92 Å². The first-order chi connectivity index (χ1) is 11.1. The molecule has 2 saturated heterocycles. The Morgan fingerprint density at radius 1 is 1.30 bits per heavy atom. The van der Waals surface area contributed by atoms with Gasteiger partial charge in [0.2, 0.25) is 17.8 Å². The van der Waals surface area contributed by atoms with Crippen molar-refractivity contribution in [1.82, 2.24) is 20.2 Å². The molecule has 4 rings (SSSR count). The molecule has 2 atom stereocenters. The van der Waals surface area contributed by atoms with Gasteiger partial charge in [-0.1, -0.05) is 6.42 Å². The lowest BCUT2D eigenvalue weighted by atomic mass is 9.83. The number of fused-ring (bicyclic) bond motifs is 1. The monoisotopic (exact) mass is 315 g/mol. The van der Waals surface area contributed by atoms with Crippen molar-refractivity contribution < 1.29 is 9.59 Å². The van der Waals surface area contributed by atoms with Crippen LogP contribution in [0.15, 0.2) is 6.07 Å². The van der Waals surface area contributed by atoms with E-state index >= 15 is 0 Å². The second-order valence-corrected chi connectivity index (χ2v) is 6.74. The van der Waals surface area contributed by atoms with Crippen molar-refractivity contribution in [2.75, 3.05) is 18.4 Å². The molecule has 7 nitrogen and oxygen atoms in total. The van der Waals surface area contributed by atoms with Crippen LogP contribution >= 0.6 is 0 Å². The number of nitrogens with zero attached hydrogens (tertiary/aromatic N) is 3. The fraction of sp³-hybridized carbons (Fsp3) is 0.625. The maximum atomic E-state index is 11.9. The van der Waals surface area contributed by atoms with Gasteiger partial charge in [-0.05, 0) is 32.3 Å². The predicted molar refractivity (Wildman–Crippen MR) is 83.9 cm³/mol. The summed E-state index contributed by atoms with van der Waals surface area (Å²) in [4.78, 5) is 34.6. The summed E-state index contributed by atoms with van der Waals surface area (Å²) in [5.74, 6) is 1.09. The molecule has 1 aromatic heterocycles. The van der Waals surface area contributed by atoms with Gasteiger partial charge in [0.15, 0.2) is 0 Å². The SMILES string of the molecule is Cc1cc(C2CCC2)nc(N[C@@H]2C[C@H]3C(=O)NCC(=O)N3C2)n1. The van der Waals surface area contributed by atoms with Crippen molar-refractivity contribution >= 4 is 17.8 Å². The van der Waals surface area contributed by atoms with Crippen LogP contribution in [0.3, 0.4) is 0 Å². The molecule has 122 valence electrons. The summed E-state index contributed by atoms with van der Waals surface area (Å²) in [7, 11) is 0. The second kappa shape index (κ2) is 5.47. The number of carbonyl (C=O) groups is 2. The van der Waals surface area contributed by atoms with E-state index in [0.717, 1.165) is 11.4 Å². The summed E-state index contributed by atoms with van der Waals surface area (Å²) < 4.78 is 0. The highest BCUT2D eigenvalue weighted by Gasteiger charge is 2.42. The summed E-state index contributed by atoms with van der Waals surface area (Å²) in [6.45, 7) is 2.62. The van der Waals surface area contributed by atoms with Gasteiger partial charge in [0.05, 0.1) is 6.54 Å².